The number of methoxy groups -OCH3 is 1. The number of ether oxygens (including phenoxy) is 1. The highest BCUT2D eigenvalue weighted by atomic mass is 16.5. The van der Waals surface area contributed by atoms with Crippen LogP contribution in [0, 0.1) is 5.92 Å². The number of nitrogens with zero attached hydrogens (tertiary/aromatic N) is 4. The molecule has 1 fully saturated rings. The Kier molecular flexibility index (Phi) is 5.22. The van der Waals surface area contributed by atoms with Crippen molar-refractivity contribution in [2.75, 3.05) is 26.7 Å². The lowest BCUT2D eigenvalue weighted by Crippen LogP contribution is -2.41. The Morgan fingerprint density at radius 3 is 2.96 bits per heavy atom. The molecule has 1 N–H and O–H groups in total. The van der Waals surface area contributed by atoms with Crippen LogP contribution in [0.4, 0.5) is 4.79 Å². The van der Waals surface area contributed by atoms with E-state index < -0.39 is 5.97 Å². The Hall–Kier alpha value is -2.97. The number of pyridine rings is 1. The molecule has 2 amide bonds. The molecule has 2 aromatic rings. The first kappa shape index (κ1) is 16.9. The van der Waals surface area contributed by atoms with Gasteiger partial charge in [0.15, 0.2) is 5.82 Å². The molecule has 1 unspecified atom stereocenters. The molecule has 132 valence electrons. The van der Waals surface area contributed by atoms with Crippen molar-refractivity contribution in [1.29, 1.82) is 0 Å². The van der Waals surface area contributed by atoms with Crippen molar-refractivity contribution in [3.63, 3.8) is 0 Å². The minimum Gasteiger partial charge on any atom is -0.468 e. The average Bonchev–Trinajstić information content (AvgIpc) is 3.30. The molecule has 1 aliphatic rings. The highest BCUT2D eigenvalue weighted by molar-refractivity contribution is 5.80. The van der Waals surface area contributed by atoms with E-state index in [0.717, 1.165) is 12.0 Å². The van der Waals surface area contributed by atoms with E-state index in [4.69, 9.17) is 4.52 Å². The molecule has 9 heteroatoms. The Bertz CT molecular complexity index is 733. The predicted molar refractivity (Wildman–Crippen MR) is 86.3 cm³/mol. The first-order valence-electron chi connectivity index (χ1n) is 7.98. The van der Waals surface area contributed by atoms with E-state index in [0.29, 0.717) is 31.2 Å². The SMILES string of the molecule is COC(=O)CNC(=O)N1CCC(Cc2noc(-c3ccncc3)n2)C1. The van der Waals surface area contributed by atoms with E-state index in [1.165, 1.54) is 7.11 Å². The molecule has 2 aromatic heterocycles. The largest absolute Gasteiger partial charge is 0.468 e. The van der Waals surface area contributed by atoms with Gasteiger partial charge in [0.1, 0.15) is 6.54 Å². The first-order chi connectivity index (χ1) is 12.2. The van der Waals surface area contributed by atoms with Gasteiger partial charge in [0.25, 0.3) is 5.89 Å². The predicted octanol–water partition coefficient (Wildman–Crippen LogP) is 0.879. The third-order valence-corrected chi connectivity index (χ3v) is 4.05. The fourth-order valence-electron chi connectivity index (χ4n) is 2.72. The van der Waals surface area contributed by atoms with Crippen molar-refractivity contribution in [3.05, 3.63) is 30.4 Å². The zero-order chi connectivity index (χ0) is 17.6. The van der Waals surface area contributed by atoms with Gasteiger partial charge in [-0.3, -0.25) is 9.78 Å². The van der Waals surface area contributed by atoms with Crippen LogP contribution in [0.5, 0.6) is 0 Å². The number of hydrogen-bond donors (Lipinski definition) is 1. The van der Waals surface area contributed by atoms with Gasteiger partial charge in [0.2, 0.25) is 0 Å². The fourth-order valence-corrected chi connectivity index (χ4v) is 2.72. The number of carbonyl (C=O) groups is 2. The van der Waals surface area contributed by atoms with Gasteiger partial charge in [-0.25, -0.2) is 4.79 Å². The summed E-state index contributed by atoms with van der Waals surface area (Å²) < 4.78 is 9.78. The van der Waals surface area contributed by atoms with Crippen molar-refractivity contribution < 1.29 is 18.8 Å². The number of aromatic nitrogens is 3. The van der Waals surface area contributed by atoms with Crippen LogP contribution in [-0.4, -0.2) is 58.8 Å². The number of rotatable bonds is 5. The maximum absolute atomic E-state index is 12.0. The molecule has 0 bridgehead atoms. The summed E-state index contributed by atoms with van der Waals surface area (Å²) >= 11 is 0. The highest BCUT2D eigenvalue weighted by Crippen LogP contribution is 2.22. The normalized spacial score (nSPS) is 16.7. The molecule has 1 saturated heterocycles. The molecule has 1 aliphatic heterocycles. The average molecular weight is 345 g/mol. The van der Waals surface area contributed by atoms with E-state index in [1.54, 1.807) is 29.4 Å². The number of carbonyl (C=O) groups excluding carboxylic acids is 2. The highest BCUT2D eigenvalue weighted by Gasteiger charge is 2.27. The van der Waals surface area contributed by atoms with Gasteiger partial charge in [-0.05, 0) is 24.5 Å². The zero-order valence-electron chi connectivity index (χ0n) is 13.8. The summed E-state index contributed by atoms with van der Waals surface area (Å²) in [6.45, 7) is 1.09. The van der Waals surface area contributed by atoms with Gasteiger partial charge in [-0.1, -0.05) is 5.16 Å². The van der Waals surface area contributed by atoms with Crippen LogP contribution in [0.3, 0.4) is 0 Å². The van der Waals surface area contributed by atoms with E-state index in [1.807, 2.05) is 0 Å². The molecule has 3 heterocycles. The van der Waals surface area contributed by atoms with Gasteiger partial charge in [-0.2, -0.15) is 4.98 Å². The number of esters is 1. The summed E-state index contributed by atoms with van der Waals surface area (Å²) in [6, 6.07) is 3.35. The first-order valence-corrected chi connectivity index (χ1v) is 7.98. The zero-order valence-corrected chi connectivity index (χ0v) is 13.8. The molecule has 9 nitrogen and oxygen atoms in total. The monoisotopic (exact) mass is 345 g/mol. The summed E-state index contributed by atoms with van der Waals surface area (Å²) in [5, 5.41) is 6.55. The smallest absolute Gasteiger partial charge is 0.325 e. The third-order valence-electron chi connectivity index (χ3n) is 4.05. The summed E-state index contributed by atoms with van der Waals surface area (Å²) in [7, 11) is 1.28. The fraction of sp³-hybridized carbons (Fsp3) is 0.438. The maximum Gasteiger partial charge on any atom is 0.325 e. The second kappa shape index (κ2) is 7.73. The second-order valence-corrected chi connectivity index (χ2v) is 5.79. The van der Waals surface area contributed by atoms with E-state index in [2.05, 4.69) is 25.2 Å². The van der Waals surface area contributed by atoms with Crippen molar-refractivity contribution in [3.8, 4) is 11.5 Å². The number of amides is 2. The number of hydrogen-bond acceptors (Lipinski definition) is 7. The molecule has 0 spiro atoms. The van der Waals surface area contributed by atoms with Crippen molar-refractivity contribution in [2.24, 2.45) is 5.92 Å². The molecule has 3 rings (SSSR count). The maximum atomic E-state index is 12.0. The molecule has 0 aromatic carbocycles. The van der Waals surface area contributed by atoms with Gasteiger partial charge >= 0.3 is 12.0 Å². The van der Waals surface area contributed by atoms with E-state index in [-0.39, 0.29) is 18.5 Å². The standard InChI is InChI=1S/C16H19N5O4/c1-24-14(22)9-18-16(23)21-7-4-11(10-21)8-13-19-15(25-20-13)12-2-5-17-6-3-12/h2-3,5-6,11H,4,7-10H2,1H3,(H,18,23). The Labute approximate surface area is 144 Å². The summed E-state index contributed by atoms with van der Waals surface area (Å²) in [4.78, 5) is 33.1. The quantitative estimate of drug-likeness (QED) is 0.801. The lowest BCUT2D eigenvalue weighted by molar-refractivity contribution is -0.139. The number of likely N-dealkylation sites (tertiary alicyclic amines) is 1. The van der Waals surface area contributed by atoms with Crippen LogP contribution >= 0.6 is 0 Å². The van der Waals surface area contributed by atoms with Crippen molar-refractivity contribution >= 4 is 12.0 Å². The van der Waals surface area contributed by atoms with E-state index in [9.17, 15) is 9.59 Å². The van der Waals surface area contributed by atoms with Crippen LogP contribution < -0.4 is 5.32 Å². The molecular formula is C16H19N5O4. The van der Waals surface area contributed by atoms with Gasteiger partial charge in [0.05, 0.1) is 7.11 Å². The van der Waals surface area contributed by atoms with Crippen LogP contribution in [0.25, 0.3) is 11.5 Å². The van der Waals surface area contributed by atoms with Gasteiger partial charge in [-0.15, -0.1) is 0 Å². The molecule has 1 atom stereocenters. The van der Waals surface area contributed by atoms with Gasteiger partial charge in [0, 0.05) is 37.5 Å². The van der Waals surface area contributed by atoms with Crippen molar-refractivity contribution in [1.82, 2.24) is 25.3 Å². The Morgan fingerprint density at radius 1 is 1.40 bits per heavy atom. The van der Waals surface area contributed by atoms with Gasteiger partial charge < -0.3 is 19.5 Å². The molecule has 0 radical (unpaired) electrons. The summed E-state index contributed by atoms with van der Waals surface area (Å²) in [5.41, 5.74) is 0.823. The van der Waals surface area contributed by atoms with Crippen LogP contribution in [0.15, 0.2) is 29.0 Å². The number of nitrogens with one attached hydrogen (secondary N) is 1. The van der Waals surface area contributed by atoms with Crippen molar-refractivity contribution in [2.45, 2.75) is 12.8 Å². The molecule has 0 aliphatic carbocycles. The van der Waals surface area contributed by atoms with Crippen LogP contribution in [0.1, 0.15) is 12.2 Å². The topological polar surface area (TPSA) is 110 Å². The lowest BCUT2D eigenvalue weighted by Gasteiger charge is -2.16. The molecule has 0 saturated carbocycles. The minimum atomic E-state index is -0.473. The second-order valence-electron chi connectivity index (χ2n) is 5.79. The van der Waals surface area contributed by atoms with Crippen LogP contribution in [0.2, 0.25) is 0 Å². The minimum absolute atomic E-state index is 0.128. The number of urea groups is 1. The van der Waals surface area contributed by atoms with E-state index >= 15 is 0 Å². The Morgan fingerprint density at radius 2 is 2.20 bits per heavy atom. The molecule has 25 heavy (non-hydrogen) atoms. The summed E-state index contributed by atoms with van der Waals surface area (Å²) in [6.07, 6.45) is 4.82. The summed E-state index contributed by atoms with van der Waals surface area (Å²) in [5.74, 6) is 0.864. The Balaban J connectivity index is 1.51. The van der Waals surface area contributed by atoms with Crippen LogP contribution in [-0.2, 0) is 16.0 Å². The lowest BCUT2D eigenvalue weighted by atomic mass is 10.1. The third kappa shape index (κ3) is 4.31. The molecular weight excluding hydrogens is 326 g/mol.